The molecule has 124 valence electrons. The minimum atomic E-state index is -0.00235. The monoisotopic (exact) mass is 327 g/mol. The molecule has 0 aliphatic heterocycles. The summed E-state index contributed by atoms with van der Waals surface area (Å²) in [7, 11) is 0. The molecule has 4 rings (SSSR count). The van der Waals surface area contributed by atoms with Gasteiger partial charge in [-0.2, -0.15) is 0 Å². The second-order valence-corrected chi connectivity index (χ2v) is 7.28. The van der Waals surface area contributed by atoms with Gasteiger partial charge >= 0.3 is 0 Å². The molecule has 0 fully saturated rings. The number of aromatic nitrogens is 3. The number of rotatable bonds is 2. The molecule has 3 nitrogen and oxygen atoms in total. The fourth-order valence-corrected chi connectivity index (χ4v) is 3.01. The third kappa shape index (κ3) is 2.82. The molecule has 3 heteroatoms. The highest BCUT2D eigenvalue weighted by Crippen LogP contribution is 2.30. The molecule has 0 saturated carbocycles. The van der Waals surface area contributed by atoms with Gasteiger partial charge in [-0.15, -0.1) is 0 Å². The number of hydrogen-bond donors (Lipinski definition) is 0. The Labute approximate surface area is 148 Å². The van der Waals surface area contributed by atoms with Crippen LogP contribution in [-0.4, -0.2) is 14.5 Å². The Bertz CT molecular complexity index is 1010. The molecule has 0 radical (unpaired) electrons. The van der Waals surface area contributed by atoms with Crippen LogP contribution in [0.15, 0.2) is 72.9 Å². The molecular formula is C22H21N3. The Morgan fingerprint density at radius 3 is 2.12 bits per heavy atom. The van der Waals surface area contributed by atoms with E-state index >= 15 is 0 Å². The first-order valence-corrected chi connectivity index (χ1v) is 8.54. The molecule has 0 N–H and O–H groups in total. The number of pyridine rings is 1. The van der Waals surface area contributed by atoms with Crippen molar-refractivity contribution in [2.45, 2.75) is 26.2 Å². The lowest BCUT2D eigenvalue weighted by Gasteiger charge is -2.17. The molecule has 0 unspecified atom stereocenters. The maximum Gasteiger partial charge on any atom is 0.145 e. The molecule has 0 aliphatic rings. The van der Waals surface area contributed by atoms with Crippen LogP contribution >= 0.6 is 0 Å². The molecule has 0 atom stereocenters. The van der Waals surface area contributed by atoms with E-state index in [4.69, 9.17) is 9.97 Å². The van der Waals surface area contributed by atoms with Crippen molar-refractivity contribution in [1.82, 2.24) is 14.5 Å². The summed E-state index contributed by atoms with van der Waals surface area (Å²) >= 11 is 0. The first-order valence-electron chi connectivity index (χ1n) is 8.54. The van der Waals surface area contributed by atoms with Gasteiger partial charge in [0.15, 0.2) is 0 Å². The highest BCUT2D eigenvalue weighted by Gasteiger charge is 2.19. The molecule has 2 aromatic heterocycles. The molecular weight excluding hydrogens is 306 g/mol. The number of hydrogen-bond acceptors (Lipinski definition) is 2. The first-order chi connectivity index (χ1) is 12.0. The largest absolute Gasteiger partial charge is 0.291 e. The highest BCUT2D eigenvalue weighted by molar-refractivity contribution is 5.83. The van der Waals surface area contributed by atoms with Gasteiger partial charge in [-0.3, -0.25) is 9.55 Å². The highest BCUT2D eigenvalue weighted by atomic mass is 15.1. The number of para-hydroxylation sites is 1. The average Bonchev–Trinajstić information content (AvgIpc) is 3.01. The third-order valence-corrected chi connectivity index (χ3v) is 4.36. The van der Waals surface area contributed by atoms with Crippen molar-refractivity contribution < 1.29 is 0 Å². The summed E-state index contributed by atoms with van der Waals surface area (Å²) < 4.78 is 2.18. The van der Waals surface area contributed by atoms with Gasteiger partial charge < -0.3 is 0 Å². The van der Waals surface area contributed by atoms with E-state index in [-0.39, 0.29) is 5.41 Å². The van der Waals surface area contributed by atoms with Crippen molar-refractivity contribution >= 4 is 11.0 Å². The molecule has 0 amide bonds. The van der Waals surface area contributed by atoms with Crippen molar-refractivity contribution in [2.24, 2.45) is 0 Å². The van der Waals surface area contributed by atoms with Crippen LogP contribution in [0, 0.1) is 0 Å². The minimum Gasteiger partial charge on any atom is -0.291 e. The van der Waals surface area contributed by atoms with E-state index in [0.29, 0.717) is 0 Å². The van der Waals surface area contributed by atoms with Crippen molar-refractivity contribution in [3.8, 4) is 17.1 Å². The van der Waals surface area contributed by atoms with Gasteiger partial charge in [-0.1, -0.05) is 69.3 Å². The lowest BCUT2D eigenvalue weighted by molar-refractivity contribution is 0.570. The minimum absolute atomic E-state index is 0.00235. The molecule has 0 bridgehead atoms. The van der Waals surface area contributed by atoms with Crippen molar-refractivity contribution in [2.75, 3.05) is 0 Å². The second-order valence-electron chi connectivity index (χ2n) is 7.28. The van der Waals surface area contributed by atoms with Gasteiger partial charge in [-0.25, -0.2) is 4.98 Å². The summed E-state index contributed by atoms with van der Waals surface area (Å²) in [5, 5.41) is 0. The van der Waals surface area contributed by atoms with E-state index in [1.807, 2.05) is 42.6 Å². The van der Waals surface area contributed by atoms with Gasteiger partial charge in [0.2, 0.25) is 0 Å². The Balaban J connectivity index is 2.02. The van der Waals surface area contributed by atoms with Crippen LogP contribution in [0.1, 0.15) is 26.5 Å². The van der Waals surface area contributed by atoms with E-state index < -0.39 is 0 Å². The van der Waals surface area contributed by atoms with Gasteiger partial charge in [0, 0.05) is 22.4 Å². The first kappa shape index (κ1) is 15.6. The smallest absolute Gasteiger partial charge is 0.145 e. The van der Waals surface area contributed by atoms with E-state index in [1.54, 1.807) is 0 Å². The van der Waals surface area contributed by atoms with E-state index in [9.17, 15) is 0 Å². The summed E-state index contributed by atoms with van der Waals surface area (Å²) in [6.07, 6.45) is 1.95. The zero-order chi connectivity index (χ0) is 17.4. The Morgan fingerprint density at radius 2 is 1.48 bits per heavy atom. The number of benzene rings is 2. The van der Waals surface area contributed by atoms with E-state index in [1.165, 1.54) is 0 Å². The predicted molar refractivity (Wildman–Crippen MR) is 103 cm³/mol. The Kier molecular flexibility index (Phi) is 3.65. The number of imidazole rings is 1. The third-order valence-electron chi connectivity index (χ3n) is 4.36. The maximum absolute atomic E-state index is 4.96. The van der Waals surface area contributed by atoms with Crippen LogP contribution in [0.4, 0.5) is 0 Å². The fourth-order valence-electron chi connectivity index (χ4n) is 3.01. The van der Waals surface area contributed by atoms with Crippen molar-refractivity contribution in [3.05, 3.63) is 78.6 Å². The summed E-state index contributed by atoms with van der Waals surface area (Å²) in [5.74, 6) is 0.939. The van der Waals surface area contributed by atoms with Crippen LogP contribution in [-0.2, 0) is 5.41 Å². The van der Waals surface area contributed by atoms with Gasteiger partial charge in [0.25, 0.3) is 0 Å². The molecule has 2 heterocycles. The van der Waals surface area contributed by atoms with E-state index in [2.05, 4.69) is 55.7 Å². The van der Waals surface area contributed by atoms with Crippen LogP contribution in [0.2, 0.25) is 0 Å². The van der Waals surface area contributed by atoms with E-state index in [0.717, 1.165) is 33.8 Å². The standard InChI is InChI=1S/C22H21N3/c1-22(2,3)20-14-18-19(15-23-20)25(17-12-8-5-9-13-17)21(24-18)16-10-6-4-7-11-16/h4-15H,1-3H3. The lowest BCUT2D eigenvalue weighted by atomic mass is 9.91. The quantitative estimate of drug-likeness (QED) is 0.494. The number of fused-ring (bicyclic) bond motifs is 1. The van der Waals surface area contributed by atoms with Crippen molar-refractivity contribution in [3.63, 3.8) is 0 Å². The molecule has 25 heavy (non-hydrogen) atoms. The molecule has 0 aliphatic carbocycles. The molecule has 0 spiro atoms. The molecule has 2 aromatic carbocycles. The van der Waals surface area contributed by atoms with Crippen LogP contribution in [0.25, 0.3) is 28.1 Å². The fraction of sp³-hybridized carbons (Fsp3) is 0.182. The van der Waals surface area contributed by atoms with Crippen LogP contribution in [0.3, 0.4) is 0 Å². The number of nitrogens with zero attached hydrogens (tertiary/aromatic N) is 3. The summed E-state index contributed by atoms with van der Waals surface area (Å²) in [4.78, 5) is 9.67. The second kappa shape index (κ2) is 5.85. The van der Waals surface area contributed by atoms with Gasteiger partial charge in [-0.05, 0) is 18.2 Å². The van der Waals surface area contributed by atoms with Crippen LogP contribution < -0.4 is 0 Å². The van der Waals surface area contributed by atoms with Crippen LogP contribution in [0.5, 0.6) is 0 Å². The average molecular weight is 327 g/mol. The van der Waals surface area contributed by atoms with Gasteiger partial charge in [0.05, 0.1) is 17.2 Å². The zero-order valence-corrected chi connectivity index (χ0v) is 14.8. The Morgan fingerprint density at radius 1 is 0.840 bits per heavy atom. The Hall–Kier alpha value is -2.94. The molecule has 0 saturated heterocycles. The van der Waals surface area contributed by atoms with Gasteiger partial charge in [0.1, 0.15) is 5.82 Å². The summed E-state index contributed by atoms with van der Waals surface area (Å²) in [6.45, 7) is 6.52. The zero-order valence-electron chi connectivity index (χ0n) is 14.8. The molecule has 4 aromatic rings. The predicted octanol–water partition coefficient (Wildman–Crippen LogP) is 5.39. The normalized spacial score (nSPS) is 11.8. The summed E-state index contributed by atoms with van der Waals surface area (Å²) in [5.41, 5.74) is 5.24. The maximum atomic E-state index is 4.96. The van der Waals surface area contributed by atoms with Crippen molar-refractivity contribution in [1.29, 1.82) is 0 Å². The lowest BCUT2D eigenvalue weighted by Crippen LogP contribution is -2.13. The topological polar surface area (TPSA) is 30.7 Å². The SMILES string of the molecule is CC(C)(C)c1cc2nc(-c3ccccc3)n(-c3ccccc3)c2cn1. The summed E-state index contributed by atoms with van der Waals surface area (Å²) in [6, 6.07) is 22.7.